The van der Waals surface area contributed by atoms with E-state index in [1.54, 1.807) is 0 Å². The topological polar surface area (TPSA) is 20.3 Å². The van der Waals surface area contributed by atoms with E-state index < -0.39 is 29.0 Å². The highest BCUT2D eigenvalue weighted by molar-refractivity contribution is 6.18. The van der Waals surface area contributed by atoms with Crippen LogP contribution in [0.2, 0.25) is 0 Å². The lowest BCUT2D eigenvalue weighted by atomic mass is 9.99. The zero-order chi connectivity index (χ0) is 15.6. The lowest BCUT2D eigenvalue weighted by molar-refractivity contribution is -0.137. The van der Waals surface area contributed by atoms with Crippen molar-refractivity contribution < 1.29 is 22.4 Å². The van der Waals surface area contributed by atoms with Gasteiger partial charge in [-0.3, -0.25) is 4.79 Å². The minimum atomic E-state index is -4.61. The van der Waals surface area contributed by atoms with Gasteiger partial charge in [-0.25, -0.2) is 4.39 Å². The van der Waals surface area contributed by atoms with Gasteiger partial charge in [0.15, 0.2) is 0 Å². The van der Waals surface area contributed by atoms with Crippen LogP contribution in [0.25, 0.3) is 0 Å². The monoisotopic (exact) mass is 323 g/mol. The molecule has 1 fully saturated rings. The number of hydrogen-bond donors (Lipinski definition) is 0. The van der Waals surface area contributed by atoms with Gasteiger partial charge in [0.1, 0.15) is 5.82 Å². The van der Waals surface area contributed by atoms with Gasteiger partial charge in [-0.15, -0.1) is 11.6 Å². The first kappa shape index (κ1) is 16.1. The lowest BCUT2D eigenvalue weighted by Gasteiger charge is -2.32. The average Bonchev–Trinajstić information content (AvgIpc) is 2.46. The van der Waals surface area contributed by atoms with Crippen molar-refractivity contribution in [3.05, 3.63) is 35.1 Å². The van der Waals surface area contributed by atoms with Crippen molar-refractivity contribution in [1.82, 2.24) is 4.90 Å². The van der Waals surface area contributed by atoms with Gasteiger partial charge in [0.05, 0.1) is 11.1 Å². The Labute approximate surface area is 124 Å². The van der Waals surface area contributed by atoms with E-state index in [0.717, 1.165) is 6.42 Å². The molecular formula is C14H14ClF4NO. The Kier molecular flexibility index (Phi) is 4.76. The average molecular weight is 324 g/mol. The van der Waals surface area contributed by atoms with Crippen LogP contribution in [-0.2, 0) is 6.18 Å². The van der Waals surface area contributed by atoms with Crippen LogP contribution in [0.3, 0.4) is 0 Å². The van der Waals surface area contributed by atoms with Crippen LogP contribution in [0.5, 0.6) is 0 Å². The number of likely N-dealkylation sites (tertiary alicyclic amines) is 1. The molecule has 1 aliphatic rings. The first-order valence-electron chi connectivity index (χ1n) is 6.55. The summed E-state index contributed by atoms with van der Waals surface area (Å²) in [7, 11) is 0. The summed E-state index contributed by atoms with van der Waals surface area (Å²) >= 11 is 5.75. The maximum Gasteiger partial charge on any atom is 0.416 e. The van der Waals surface area contributed by atoms with E-state index in [4.69, 9.17) is 11.6 Å². The van der Waals surface area contributed by atoms with E-state index >= 15 is 0 Å². The number of rotatable bonds is 2. The van der Waals surface area contributed by atoms with E-state index in [9.17, 15) is 22.4 Å². The highest BCUT2D eigenvalue weighted by atomic mass is 35.5. The Balaban J connectivity index is 2.26. The maximum atomic E-state index is 13.7. The molecule has 0 spiro atoms. The minimum absolute atomic E-state index is 0.0956. The van der Waals surface area contributed by atoms with Gasteiger partial charge in [-0.2, -0.15) is 13.2 Å². The zero-order valence-corrected chi connectivity index (χ0v) is 11.8. The van der Waals surface area contributed by atoms with Gasteiger partial charge < -0.3 is 4.90 Å². The summed E-state index contributed by atoms with van der Waals surface area (Å²) in [5.41, 5.74) is -1.57. The quantitative estimate of drug-likeness (QED) is 0.596. The molecule has 116 valence electrons. The molecule has 1 aromatic carbocycles. The van der Waals surface area contributed by atoms with E-state index in [1.807, 2.05) is 0 Å². The second-order valence-corrected chi connectivity index (χ2v) is 5.41. The van der Waals surface area contributed by atoms with Crippen molar-refractivity contribution in [2.24, 2.45) is 5.92 Å². The van der Waals surface area contributed by atoms with E-state index in [1.165, 1.54) is 4.90 Å². The van der Waals surface area contributed by atoms with Crippen LogP contribution in [0, 0.1) is 11.7 Å². The fourth-order valence-corrected chi connectivity index (χ4v) is 2.66. The molecule has 1 aromatic rings. The second kappa shape index (κ2) is 6.22. The first-order chi connectivity index (χ1) is 9.82. The Bertz CT molecular complexity index is 532. The van der Waals surface area contributed by atoms with Crippen LogP contribution in [0.15, 0.2) is 18.2 Å². The number of benzene rings is 1. The number of halogens is 5. The third kappa shape index (κ3) is 3.67. The summed E-state index contributed by atoms with van der Waals surface area (Å²) in [5.74, 6) is -1.19. The molecule has 0 radical (unpaired) electrons. The van der Waals surface area contributed by atoms with E-state index in [-0.39, 0.29) is 5.92 Å². The van der Waals surface area contributed by atoms with Crippen LogP contribution >= 0.6 is 11.6 Å². The zero-order valence-electron chi connectivity index (χ0n) is 11.1. The summed E-state index contributed by atoms with van der Waals surface area (Å²) < 4.78 is 51.7. The van der Waals surface area contributed by atoms with Crippen LogP contribution < -0.4 is 0 Å². The second-order valence-electron chi connectivity index (χ2n) is 5.11. The van der Waals surface area contributed by atoms with Crippen LogP contribution in [0.1, 0.15) is 28.8 Å². The molecule has 1 atom stereocenters. The first-order valence-corrected chi connectivity index (χ1v) is 7.08. The van der Waals surface area contributed by atoms with Crippen molar-refractivity contribution in [1.29, 1.82) is 0 Å². The van der Waals surface area contributed by atoms with Gasteiger partial charge in [-0.05, 0) is 37.0 Å². The summed E-state index contributed by atoms with van der Waals surface area (Å²) in [6, 6.07) is 1.88. The molecule has 0 bridgehead atoms. The number of carbonyl (C=O) groups excluding carboxylic acids is 1. The van der Waals surface area contributed by atoms with Gasteiger partial charge in [-0.1, -0.05) is 0 Å². The van der Waals surface area contributed by atoms with Gasteiger partial charge in [0.25, 0.3) is 5.91 Å². The third-order valence-corrected chi connectivity index (χ3v) is 3.98. The predicted octanol–water partition coefficient (Wildman–Crippen LogP) is 3.94. The largest absolute Gasteiger partial charge is 0.416 e. The molecule has 0 aromatic heterocycles. The van der Waals surface area contributed by atoms with Gasteiger partial charge >= 0.3 is 6.18 Å². The molecule has 0 aliphatic carbocycles. The van der Waals surface area contributed by atoms with E-state index in [0.29, 0.717) is 43.6 Å². The molecular weight excluding hydrogens is 310 g/mol. The standard InChI is InChI=1S/C14H14ClF4NO/c15-7-9-2-1-5-20(8-9)13(21)11-6-10(14(17,18)19)3-4-12(11)16/h3-4,6,9H,1-2,5,7-8H2. The summed E-state index contributed by atoms with van der Waals surface area (Å²) in [5, 5.41) is 0. The Hall–Kier alpha value is -1.30. The number of piperidine rings is 1. The molecule has 1 saturated heterocycles. The van der Waals surface area contributed by atoms with Crippen LogP contribution in [-0.4, -0.2) is 29.8 Å². The Morgan fingerprint density at radius 3 is 2.71 bits per heavy atom. The number of nitrogens with zero attached hydrogens (tertiary/aromatic N) is 1. The smallest absolute Gasteiger partial charge is 0.338 e. The lowest BCUT2D eigenvalue weighted by Crippen LogP contribution is -2.40. The van der Waals surface area contributed by atoms with Crippen molar-refractivity contribution >= 4 is 17.5 Å². The van der Waals surface area contributed by atoms with Gasteiger partial charge in [0, 0.05) is 19.0 Å². The van der Waals surface area contributed by atoms with Crippen molar-refractivity contribution in [2.45, 2.75) is 19.0 Å². The van der Waals surface area contributed by atoms with Crippen molar-refractivity contribution in [3.8, 4) is 0 Å². The molecule has 2 rings (SSSR count). The normalized spacial score (nSPS) is 19.7. The molecule has 2 nitrogen and oxygen atoms in total. The highest BCUT2D eigenvalue weighted by Crippen LogP contribution is 2.31. The highest BCUT2D eigenvalue weighted by Gasteiger charge is 2.33. The Morgan fingerprint density at radius 2 is 2.10 bits per heavy atom. The molecule has 21 heavy (non-hydrogen) atoms. The summed E-state index contributed by atoms with van der Waals surface area (Å²) in [6.07, 6.45) is -3.04. The molecule has 1 unspecified atom stereocenters. The number of hydrogen-bond acceptors (Lipinski definition) is 1. The van der Waals surface area contributed by atoms with Gasteiger partial charge in [0.2, 0.25) is 0 Å². The van der Waals surface area contributed by atoms with Crippen LogP contribution in [0.4, 0.5) is 17.6 Å². The number of amides is 1. The maximum absolute atomic E-state index is 13.7. The predicted molar refractivity (Wildman–Crippen MR) is 70.7 cm³/mol. The minimum Gasteiger partial charge on any atom is -0.338 e. The summed E-state index contributed by atoms with van der Waals surface area (Å²) in [6.45, 7) is 0.750. The number of carbonyl (C=O) groups is 1. The fourth-order valence-electron chi connectivity index (χ4n) is 2.41. The fraction of sp³-hybridized carbons (Fsp3) is 0.500. The number of alkyl halides is 4. The van der Waals surface area contributed by atoms with Crippen molar-refractivity contribution in [3.63, 3.8) is 0 Å². The third-order valence-electron chi connectivity index (χ3n) is 3.55. The summed E-state index contributed by atoms with van der Waals surface area (Å²) in [4.78, 5) is 13.6. The van der Waals surface area contributed by atoms with E-state index in [2.05, 4.69) is 0 Å². The Morgan fingerprint density at radius 1 is 1.38 bits per heavy atom. The molecule has 0 N–H and O–H groups in total. The molecule has 1 amide bonds. The molecule has 0 saturated carbocycles. The molecule has 1 aliphatic heterocycles. The SMILES string of the molecule is O=C(c1cc(C(F)(F)F)ccc1F)N1CCCC(CCl)C1. The molecule has 7 heteroatoms. The molecule has 1 heterocycles. The van der Waals surface area contributed by atoms with Crippen molar-refractivity contribution in [2.75, 3.05) is 19.0 Å².